The summed E-state index contributed by atoms with van der Waals surface area (Å²) in [6.07, 6.45) is 0. The van der Waals surface area contributed by atoms with E-state index in [2.05, 4.69) is 48.1 Å². The molecule has 280 valence electrons. The third-order valence-corrected chi connectivity index (χ3v) is 10.4. The first-order valence-corrected chi connectivity index (χ1v) is 19.8. The molecule has 0 spiro atoms. The van der Waals surface area contributed by atoms with Gasteiger partial charge >= 0.3 is 11.9 Å². The molecule has 4 heterocycles. The van der Waals surface area contributed by atoms with Crippen molar-refractivity contribution in [1.29, 1.82) is 0 Å². The van der Waals surface area contributed by atoms with E-state index in [1.165, 1.54) is 22.7 Å². The summed E-state index contributed by atoms with van der Waals surface area (Å²) < 4.78 is 13.8. The number of benzene rings is 4. The van der Waals surface area contributed by atoms with Gasteiger partial charge in [-0.3, -0.25) is 0 Å². The molecule has 0 fully saturated rings. The molecule has 0 N–H and O–H groups in total. The van der Waals surface area contributed by atoms with Gasteiger partial charge in [0.15, 0.2) is 11.4 Å². The molecular weight excluding hydrogens is 741 g/mol. The fraction of sp³-hybridized carbons (Fsp3) is 0.136. The second-order valence-electron chi connectivity index (χ2n) is 12.4. The molecule has 0 saturated carbocycles. The Labute approximate surface area is 332 Å². The maximum Gasteiger partial charge on any atom is 0.357 e. The Morgan fingerprint density at radius 2 is 0.839 bits per heavy atom. The van der Waals surface area contributed by atoms with Gasteiger partial charge in [-0.25, -0.2) is 28.9 Å². The summed E-state index contributed by atoms with van der Waals surface area (Å²) in [7, 11) is 0. The second kappa shape index (κ2) is 17.3. The average Bonchev–Trinajstić information content (AvgIpc) is 4.05. The molecule has 56 heavy (non-hydrogen) atoms. The SMILES string of the molecule is CCOC(=O)c1csc(-n2nc(-c3ccccc3)c(C)c2-c2ccccc2)n1.CCOC(=O)c1csc(-n2nc(-c3ccccc3)c(C)c2-c2ccccc2)n1. The number of rotatable bonds is 10. The molecule has 12 heteroatoms. The van der Waals surface area contributed by atoms with Crippen LogP contribution >= 0.6 is 22.7 Å². The minimum Gasteiger partial charge on any atom is -0.461 e. The van der Waals surface area contributed by atoms with Crippen LogP contribution in [0.5, 0.6) is 0 Å². The molecule has 10 nitrogen and oxygen atoms in total. The lowest BCUT2D eigenvalue weighted by Gasteiger charge is -2.05. The molecule has 4 aromatic heterocycles. The van der Waals surface area contributed by atoms with Crippen LogP contribution < -0.4 is 0 Å². The molecule has 0 bridgehead atoms. The van der Waals surface area contributed by atoms with Gasteiger partial charge in [-0.15, -0.1) is 22.7 Å². The zero-order chi connectivity index (χ0) is 39.0. The zero-order valence-electron chi connectivity index (χ0n) is 31.2. The lowest BCUT2D eigenvalue weighted by molar-refractivity contribution is 0.0511. The molecule has 0 amide bonds. The van der Waals surface area contributed by atoms with Crippen LogP contribution in [0.15, 0.2) is 132 Å². The number of hydrogen-bond donors (Lipinski definition) is 0. The fourth-order valence-electron chi connectivity index (χ4n) is 6.20. The predicted molar refractivity (Wildman–Crippen MR) is 222 cm³/mol. The van der Waals surface area contributed by atoms with Gasteiger partial charge in [0.25, 0.3) is 0 Å². The van der Waals surface area contributed by atoms with Crippen LogP contribution in [0.3, 0.4) is 0 Å². The summed E-state index contributed by atoms with van der Waals surface area (Å²) in [5, 5.41) is 14.4. The zero-order valence-corrected chi connectivity index (χ0v) is 32.9. The molecule has 8 rings (SSSR count). The fourth-order valence-corrected chi connectivity index (χ4v) is 7.70. The minimum absolute atomic E-state index is 0.301. The molecular formula is C44H38N6O4S2. The Bertz CT molecular complexity index is 2380. The van der Waals surface area contributed by atoms with Gasteiger partial charge in [-0.1, -0.05) is 121 Å². The van der Waals surface area contributed by atoms with Gasteiger partial charge < -0.3 is 9.47 Å². The number of carbonyl (C=O) groups excluding carboxylic acids is 2. The molecule has 0 aliphatic carbocycles. The number of ether oxygens (including phenoxy) is 2. The highest BCUT2D eigenvalue weighted by atomic mass is 32.1. The van der Waals surface area contributed by atoms with E-state index in [1.807, 2.05) is 106 Å². The molecule has 0 aliphatic heterocycles. The van der Waals surface area contributed by atoms with Crippen LogP contribution in [0.25, 0.3) is 55.3 Å². The molecule has 0 radical (unpaired) electrons. The highest BCUT2D eigenvalue weighted by Gasteiger charge is 2.23. The summed E-state index contributed by atoms with van der Waals surface area (Å²) in [5.41, 5.74) is 10.6. The van der Waals surface area contributed by atoms with Crippen LogP contribution in [-0.4, -0.2) is 54.7 Å². The van der Waals surface area contributed by atoms with Crippen molar-refractivity contribution in [3.63, 3.8) is 0 Å². The van der Waals surface area contributed by atoms with Crippen LogP contribution in [0.2, 0.25) is 0 Å². The summed E-state index contributed by atoms with van der Waals surface area (Å²) in [4.78, 5) is 33.0. The normalized spacial score (nSPS) is 10.8. The van der Waals surface area contributed by atoms with E-state index in [4.69, 9.17) is 19.7 Å². The number of aromatic nitrogens is 6. The van der Waals surface area contributed by atoms with Crippen LogP contribution in [0.4, 0.5) is 0 Å². The number of nitrogens with zero attached hydrogens (tertiary/aromatic N) is 6. The van der Waals surface area contributed by atoms with E-state index in [9.17, 15) is 9.59 Å². The quantitative estimate of drug-likeness (QED) is 0.126. The van der Waals surface area contributed by atoms with Crippen molar-refractivity contribution in [3.8, 4) is 55.3 Å². The predicted octanol–water partition coefficient (Wildman–Crippen LogP) is 10.3. The summed E-state index contributed by atoms with van der Waals surface area (Å²) in [6.45, 7) is 8.32. The van der Waals surface area contributed by atoms with Crippen LogP contribution in [-0.2, 0) is 9.47 Å². The molecule has 0 unspecified atom stereocenters. The first kappa shape index (κ1) is 37.8. The number of esters is 2. The molecule has 8 aromatic rings. The first-order valence-electron chi connectivity index (χ1n) is 18.0. The van der Waals surface area contributed by atoms with Crippen molar-refractivity contribution in [2.24, 2.45) is 0 Å². The number of thiazole rings is 2. The monoisotopic (exact) mass is 778 g/mol. The van der Waals surface area contributed by atoms with E-state index in [1.54, 1.807) is 24.6 Å². The van der Waals surface area contributed by atoms with E-state index in [0.29, 0.717) is 34.9 Å². The van der Waals surface area contributed by atoms with Gasteiger partial charge in [0.1, 0.15) is 0 Å². The standard InChI is InChI=1S/2C22H19N3O2S/c2*1-3-27-21(26)18-14-28-22(23-18)25-20(17-12-8-5-9-13-17)15(2)19(24-25)16-10-6-4-7-11-16/h2*4-14H,3H2,1-2H3. The summed E-state index contributed by atoms with van der Waals surface area (Å²) >= 11 is 2.74. The second-order valence-corrected chi connectivity index (χ2v) is 14.1. The summed E-state index contributed by atoms with van der Waals surface area (Å²) in [5.74, 6) is -0.836. The van der Waals surface area contributed by atoms with Gasteiger partial charge in [-0.05, 0) is 27.7 Å². The van der Waals surface area contributed by atoms with E-state index >= 15 is 0 Å². The maximum atomic E-state index is 12.0. The van der Waals surface area contributed by atoms with Gasteiger partial charge in [-0.2, -0.15) is 10.2 Å². The molecule has 4 aromatic carbocycles. The van der Waals surface area contributed by atoms with Crippen molar-refractivity contribution in [1.82, 2.24) is 29.5 Å². The van der Waals surface area contributed by atoms with Gasteiger partial charge in [0.2, 0.25) is 10.3 Å². The smallest absolute Gasteiger partial charge is 0.357 e. The summed E-state index contributed by atoms with van der Waals surface area (Å²) in [6, 6.07) is 40.3. The Hall–Kier alpha value is -6.50. The minimum atomic E-state index is -0.418. The van der Waals surface area contributed by atoms with Gasteiger partial charge in [0, 0.05) is 44.1 Å². The average molecular weight is 779 g/mol. The third kappa shape index (κ3) is 7.97. The van der Waals surface area contributed by atoms with Crippen LogP contribution in [0, 0.1) is 13.8 Å². The Morgan fingerprint density at radius 3 is 1.16 bits per heavy atom. The lowest BCUT2D eigenvalue weighted by Crippen LogP contribution is -2.06. The molecule has 0 atom stereocenters. The van der Waals surface area contributed by atoms with Gasteiger partial charge in [0.05, 0.1) is 36.0 Å². The highest BCUT2D eigenvalue weighted by molar-refractivity contribution is 7.12. The van der Waals surface area contributed by atoms with Crippen molar-refractivity contribution in [2.45, 2.75) is 27.7 Å². The Kier molecular flexibility index (Phi) is 11.7. The topological polar surface area (TPSA) is 114 Å². The maximum absolute atomic E-state index is 12.0. The molecule has 0 saturated heterocycles. The largest absolute Gasteiger partial charge is 0.461 e. The van der Waals surface area contributed by atoms with E-state index in [0.717, 1.165) is 56.2 Å². The van der Waals surface area contributed by atoms with Crippen molar-refractivity contribution < 1.29 is 19.1 Å². The Morgan fingerprint density at radius 1 is 0.518 bits per heavy atom. The highest BCUT2D eigenvalue weighted by Crippen LogP contribution is 2.36. The number of carbonyl (C=O) groups is 2. The van der Waals surface area contributed by atoms with Crippen molar-refractivity contribution >= 4 is 34.6 Å². The molecule has 0 aliphatic rings. The van der Waals surface area contributed by atoms with Crippen LogP contribution in [0.1, 0.15) is 46.0 Å². The van der Waals surface area contributed by atoms with Crippen molar-refractivity contribution in [2.75, 3.05) is 13.2 Å². The Balaban J connectivity index is 0.000000172. The van der Waals surface area contributed by atoms with E-state index in [-0.39, 0.29) is 0 Å². The lowest BCUT2D eigenvalue weighted by atomic mass is 10.0. The third-order valence-electron chi connectivity index (χ3n) is 8.75. The van der Waals surface area contributed by atoms with Crippen molar-refractivity contribution in [3.05, 3.63) is 155 Å². The number of hydrogen-bond acceptors (Lipinski definition) is 10. The van der Waals surface area contributed by atoms with E-state index < -0.39 is 11.9 Å². The first-order chi connectivity index (χ1) is 27.4.